The van der Waals surface area contributed by atoms with Crippen LogP contribution in [-0.2, 0) is 6.18 Å². The van der Waals surface area contributed by atoms with E-state index in [0.717, 1.165) is 5.69 Å². The van der Waals surface area contributed by atoms with Gasteiger partial charge in [0.2, 0.25) is 0 Å². The van der Waals surface area contributed by atoms with Gasteiger partial charge in [-0.15, -0.1) is 0 Å². The Morgan fingerprint density at radius 1 is 0.893 bits per heavy atom. The van der Waals surface area contributed by atoms with Crippen LogP contribution in [0.25, 0.3) is 33.1 Å². The lowest BCUT2D eigenvalue weighted by Gasteiger charge is -2.10. The van der Waals surface area contributed by atoms with Crippen LogP contribution in [0.15, 0.2) is 67.0 Å². The summed E-state index contributed by atoms with van der Waals surface area (Å²) >= 11 is 0. The van der Waals surface area contributed by atoms with Crippen molar-refractivity contribution in [1.82, 2.24) is 0 Å². The van der Waals surface area contributed by atoms with Gasteiger partial charge in [0.25, 0.3) is 0 Å². The first-order valence-electron chi connectivity index (χ1n) is 8.17. The van der Waals surface area contributed by atoms with Gasteiger partial charge in [-0.25, -0.2) is 9.59 Å². The van der Waals surface area contributed by atoms with E-state index in [2.05, 4.69) is 5.32 Å². The Balaban J connectivity index is 1.97. The summed E-state index contributed by atoms with van der Waals surface area (Å²) in [5.74, 6) is 0. The maximum atomic E-state index is 13.3. The molecule has 0 bridgehead atoms. The van der Waals surface area contributed by atoms with Crippen molar-refractivity contribution in [1.29, 1.82) is 0 Å². The highest BCUT2D eigenvalue weighted by Crippen LogP contribution is 2.35. The maximum Gasteiger partial charge on any atom is 0.417 e. The molecule has 0 aliphatic heterocycles. The minimum absolute atomic E-state index is 0.103. The van der Waals surface area contributed by atoms with E-state index in [-0.39, 0.29) is 22.1 Å². The van der Waals surface area contributed by atoms with Gasteiger partial charge in [-0.1, -0.05) is 6.07 Å². The van der Waals surface area contributed by atoms with Gasteiger partial charge in [0, 0.05) is 35.6 Å². The second kappa shape index (κ2) is 6.26. The Hall–Kier alpha value is -3.55. The van der Waals surface area contributed by atoms with Crippen molar-refractivity contribution < 1.29 is 22.0 Å². The zero-order valence-electron chi connectivity index (χ0n) is 14.4. The van der Waals surface area contributed by atoms with E-state index in [1.54, 1.807) is 31.3 Å². The summed E-state index contributed by atoms with van der Waals surface area (Å²) < 4.78 is 50.2. The molecule has 142 valence electrons. The highest BCUT2D eigenvalue weighted by atomic mass is 19.4. The molecule has 0 radical (unpaired) electrons. The number of benzene rings is 2. The lowest BCUT2D eigenvalue weighted by molar-refractivity contribution is -0.136. The van der Waals surface area contributed by atoms with Crippen LogP contribution in [0.2, 0.25) is 0 Å². The van der Waals surface area contributed by atoms with E-state index in [0.29, 0.717) is 17.0 Å². The molecular weight excluding hydrogens is 375 g/mol. The minimum atomic E-state index is -4.75. The number of halogens is 3. The molecule has 0 spiro atoms. The summed E-state index contributed by atoms with van der Waals surface area (Å²) in [5.41, 5.74) is -1.70. The van der Waals surface area contributed by atoms with Gasteiger partial charge < -0.3 is 14.2 Å². The normalized spacial score (nSPS) is 11.9. The van der Waals surface area contributed by atoms with E-state index in [9.17, 15) is 22.8 Å². The standard InChI is InChI=1S/C20H12F3NO4/c1-24-12-4-2-11-7-13(19(26)28-17(11)8-12)10-3-5-16-14(6-10)15(20(21,22)23)9-18(25)27-16/h2-9,24H,1H3. The Morgan fingerprint density at radius 2 is 1.68 bits per heavy atom. The maximum absolute atomic E-state index is 13.3. The van der Waals surface area contributed by atoms with Gasteiger partial charge in [0.05, 0.1) is 11.1 Å². The molecule has 0 saturated heterocycles. The number of alkyl halides is 3. The van der Waals surface area contributed by atoms with Gasteiger partial charge in [-0.05, 0) is 35.9 Å². The number of anilines is 1. The minimum Gasteiger partial charge on any atom is -0.423 e. The first-order chi connectivity index (χ1) is 13.3. The van der Waals surface area contributed by atoms with Crippen molar-refractivity contribution in [3.8, 4) is 11.1 Å². The monoisotopic (exact) mass is 387 g/mol. The van der Waals surface area contributed by atoms with E-state index < -0.39 is 23.0 Å². The average molecular weight is 387 g/mol. The molecule has 0 unspecified atom stereocenters. The summed E-state index contributed by atoms with van der Waals surface area (Å²) in [6.07, 6.45) is -4.75. The van der Waals surface area contributed by atoms with Crippen LogP contribution in [0.3, 0.4) is 0 Å². The smallest absolute Gasteiger partial charge is 0.417 e. The Morgan fingerprint density at radius 3 is 2.39 bits per heavy atom. The summed E-state index contributed by atoms with van der Waals surface area (Å²) in [5, 5.41) is 3.23. The number of rotatable bonds is 2. The van der Waals surface area contributed by atoms with Crippen molar-refractivity contribution in [2.45, 2.75) is 6.18 Å². The fourth-order valence-corrected chi connectivity index (χ4v) is 3.03. The van der Waals surface area contributed by atoms with Gasteiger partial charge in [-0.3, -0.25) is 0 Å². The van der Waals surface area contributed by atoms with Crippen LogP contribution >= 0.6 is 0 Å². The van der Waals surface area contributed by atoms with Crippen molar-refractivity contribution >= 4 is 27.6 Å². The third-order valence-electron chi connectivity index (χ3n) is 4.38. The summed E-state index contributed by atoms with van der Waals surface area (Å²) in [7, 11) is 1.72. The van der Waals surface area contributed by atoms with Crippen molar-refractivity contribution in [2.75, 3.05) is 12.4 Å². The molecule has 0 saturated carbocycles. The molecule has 4 aromatic rings. The van der Waals surface area contributed by atoms with Crippen LogP contribution in [-0.4, -0.2) is 7.05 Å². The molecule has 5 nitrogen and oxygen atoms in total. The van der Waals surface area contributed by atoms with E-state index in [1.165, 1.54) is 18.2 Å². The van der Waals surface area contributed by atoms with Crippen LogP contribution in [0, 0.1) is 0 Å². The van der Waals surface area contributed by atoms with E-state index in [4.69, 9.17) is 8.83 Å². The molecule has 1 N–H and O–H groups in total. The summed E-state index contributed by atoms with van der Waals surface area (Å²) in [6, 6.07) is 10.9. The second-order valence-corrected chi connectivity index (χ2v) is 6.14. The quantitative estimate of drug-likeness (QED) is 0.508. The first-order valence-corrected chi connectivity index (χ1v) is 8.17. The molecule has 0 aliphatic carbocycles. The zero-order valence-corrected chi connectivity index (χ0v) is 14.4. The lowest BCUT2D eigenvalue weighted by Crippen LogP contribution is -2.11. The summed E-state index contributed by atoms with van der Waals surface area (Å²) in [6.45, 7) is 0. The molecule has 4 rings (SSSR count). The van der Waals surface area contributed by atoms with Crippen molar-refractivity contribution in [3.05, 3.63) is 74.9 Å². The van der Waals surface area contributed by atoms with E-state index >= 15 is 0 Å². The lowest BCUT2D eigenvalue weighted by atomic mass is 10.0. The van der Waals surface area contributed by atoms with Crippen LogP contribution in [0.5, 0.6) is 0 Å². The largest absolute Gasteiger partial charge is 0.423 e. The second-order valence-electron chi connectivity index (χ2n) is 6.14. The number of nitrogens with one attached hydrogen (secondary N) is 1. The van der Waals surface area contributed by atoms with Crippen molar-refractivity contribution in [3.63, 3.8) is 0 Å². The molecule has 0 aliphatic rings. The zero-order chi connectivity index (χ0) is 20.1. The fourth-order valence-electron chi connectivity index (χ4n) is 3.03. The third kappa shape index (κ3) is 3.02. The predicted octanol–water partition coefficient (Wildman–Crippen LogP) is 4.63. The summed E-state index contributed by atoms with van der Waals surface area (Å²) in [4.78, 5) is 23.8. The molecule has 2 aromatic heterocycles. The highest BCUT2D eigenvalue weighted by molar-refractivity contribution is 5.89. The fraction of sp³-hybridized carbons (Fsp3) is 0.100. The Kier molecular flexibility index (Phi) is 3.99. The molecule has 0 amide bonds. The topological polar surface area (TPSA) is 72.5 Å². The predicted molar refractivity (Wildman–Crippen MR) is 98.5 cm³/mol. The molecule has 8 heteroatoms. The molecule has 0 atom stereocenters. The van der Waals surface area contributed by atoms with E-state index in [1.807, 2.05) is 0 Å². The SMILES string of the molecule is CNc1ccc2cc(-c3ccc4oc(=O)cc(C(F)(F)F)c4c3)c(=O)oc2c1. The number of hydrogen-bond acceptors (Lipinski definition) is 5. The Labute approximate surface area is 155 Å². The van der Waals surface area contributed by atoms with Crippen molar-refractivity contribution in [2.24, 2.45) is 0 Å². The van der Waals surface area contributed by atoms with Crippen LogP contribution in [0.4, 0.5) is 18.9 Å². The molecular formula is C20H12F3NO4. The number of hydrogen-bond donors (Lipinski definition) is 1. The molecule has 2 heterocycles. The average Bonchev–Trinajstić information content (AvgIpc) is 2.65. The van der Waals surface area contributed by atoms with Crippen LogP contribution < -0.4 is 16.6 Å². The molecule has 0 fully saturated rings. The van der Waals surface area contributed by atoms with Crippen LogP contribution in [0.1, 0.15) is 5.56 Å². The van der Waals surface area contributed by atoms with Gasteiger partial charge >= 0.3 is 17.4 Å². The number of fused-ring (bicyclic) bond motifs is 2. The van der Waals surface area contributed by atoms with Gasteiger partial charge in [0.1, 0.15) is 11.2 Å². The van der Waals surface area contributed by atoms with Gasteiger partial charge in [0.15, 0.2) is 0 Å². The first kappa shape index (κ1) is 17.8. The molecule has 2 aromatic carbocycles. The van der Waals surface area contributed by atoms with Gasteiger partial charge in [-0.2, -0.15) is 13.2 Å². The Bertz CT molecular complexity index is 1340. The molecule has 28 heavy (non-hydrogen) atoms. The highest BCUT2D eigenvalue weighted by Gasteiger charge is 2.34. The third-order valence-corrected chi connectivity index (χ3v) is 4.38.